The van der Waals surface area contributed by atoms with Crippen LogP contribution in [0.2, 0.25) is 0 Å². The monoisotopic (exact) mass is 360 g/mol. The van der Waals surface area contributed by atoms with E-state index in [2.05, 4.69) is 11.2 Å². The summed E-state index contributed by atoms with van der Waals surface area (Å²) in [5, 5.41) is 2.85. The number of nitrogens with zero attached hydrogens (tertiary/aromatic N) is 1. The normalized spacial score (nSPS) is 14.2. The number of nitrogens with one attached hydrogen (secondary N) is 1. The molecule has 1 N–H and O–H groups in total. The van der Waals surface area contributed by atoms with Crippen molar-refractivity contribution in [3.8, 4) is 12.3 Å². The average Bonchev–Trinajstić information content (AvgIpc) is 2.73. The summed E-state index contributed by atoms with van der Waals surface area (Å²) in [6, 6.07) is 16.2. The summed E-state index contributed by atoms with van der Waals surface area (Å²) >= 11 is 0. The summed E-state index contributed by atoms with van der Waals surface area (Å²) in [6.45, 7) is 0.329. The first-order valence-electron chi connectivity index (χ1n) is 9.40. The van der Waals surface area contributed by atoms with Gasteiger partial charge in [-0.25, -0.2) is 0 Å². The molecule has 1 aliphatic rings. The number of hydrogen-bond donors (Lipinski definition) is 1. The van der Waals surface area contributed by atoms with E-state index < -0.39 is 0 Å². The number of benzene rings is 2. The van der Waals surface area contributed by atoms with Crippen LogP contribution in [0.4, 0.5) is 5.69 Å². The van der Waals surface area contributed by atoms with Gasteiger partial charge in [0.2, 0.25) is 0 Å². The molecule has 0 spiro atoms. The van der Waals surface area contributed by atoms with E-state index in [0.717, 1.165) is 25.7 Å². The zero-order valence-corrected chi connectivity index (χ0v) is 15.4. The van der Waals surface area contributed by atoms with Gasteiger partial charge in [-0.3, -0.25) is 9.59 Å². The summed E-state index contributed by atoms with van der Waals surface area (Å²) in [5.74, 6) is 2.40. The first-order chi connectivity index (χ1) is 13.2. The molecule has 1 fully saturated rings. The van der Waals surface area contributed by atoms with Gasteiger partial charge in [0, 0.05) is 22.9 Å². The fourth-order valence-corrected chi connectivity index (χ4v) is 3.51. The Hall–Kier alpha value is -3.06. The van der Waals surface area contributed by atoms with Gasteiger partial charge in [-0.2, -0.15) is 0 Å². The molecule has 2 amide bonds. The molecule has 138 valence electrons. The zero-order chi connectivity index (χ0) is 19.1. The van der Waals surface area contributed by atoms with Crippen LogP contribution >= 0.6 is 0 Å². The summed E-state index contributed by atoms with van der Waals surface area (Å²) in [7, 11) is 0. The molecular weight excluding hydrogens is 336 g/mol. The van der Waals surface area contributed by atoms with Crippen LogP contribution in [0.25, 0.3) is 0 Å². The number of terminal acetylenes is 1. The molecule has 0 heterocycles. The summed E-state index contributed by atoms with van der Waals surface area (Å²) < 4.78 is 0. The molecule has 1 aliphatic carbocycles. The third-order valence-corrected chi connectivity index (χ3v) is 4.96. The molecule has 4 nitrogen and oxygen atoms in total. The molecule has 0 aromatic heterocycles. The molecule has 3 rings (SSSR count). The molecule has 0 radical (unpaired) electrons. The number of hydrogen-bond acceptors (Lipinski definition) is 2. The number of carbonyl (C=O) groups is 2. The highest BCUT2D eigenvalue weighted by molar-refractivity contribution is 6.04. The van der Waals surface area contributed by atoms with E-state index in [4.69, 9.17) is 6.42 Å². The van der Waals surface area contributed by atoms with Crippen molar-refractivity contribution in [3.05, 3.63) is 65.7 Å². The Balaban J connectivity index is 1.68. The molecule has 0 atom stereocenters. The van der Waals surface area contributed by atoms with Crippen LogP contribution in [0.15, 0.2) is 54.6 Å². The number of carbonyl (C=O) groups excluding carboxylic acids is 2. The van der Waals surface area contributed by atoms with Crippen LogP contribution in [0, 0.1) is 12.3 Å². The van der Waals surface area contributed by atoms with Crippen LogP contribution in [0.5, 0.6) is 0 Å². The lowest BCUT2D eigenvalue weighted by molar-refractivity contribution is 0.0667. The molecular formula is C23H24N2O2. The highest BCUT2D eigenvalue weighted by atomic mass is 16.2. The van der Waals surface area contributed by atoms with E-state index in [1.54, 1.807) is 36.4 Å². The fraction of sp³-hybridized carbons (Fsp3) is 0.304. The van der Waals surface area contributed by atoms with Crippen LogP contribution in [-0.4, -0.2) is 29.3 Å². The van der Waals surface area contributed by atoms with E-state index in [0.29, 0.717) is 23.4 Å². The molecule has 1 saturated carbocycles. The molecule has 4 heteroatoms. The second-order valence-corrected chi connectivity index (χ2v) is 6.83. The van der Waals surface area contributed by atoms with Crippen molar-refractivity contribution in [2.75, 3.05) is 11.9 Å². The van der Waals surface area contributed by atoms with Crippen molar-refractivity contribution < 1.29 is 9.59 Å². The minimum absolute atomic E-state index is 0.0409. The molecule has 0 saturated heterocycles. The molecule has 2 aromatic carbocycles. The molecule has 0 bridgehead atoms. The van der Waals surface area contributed by atoms with Crippen LogP contribution in [0.3, 0.4) is 0 Å². The van der Waals surface area contributed by atoms with E-state index in [1.807, 2.05) is 23.1 Å². The standard InChI is InChI=1S/C23H24N2O2/c1-2-17-25(21-11-7-4-8-12-21)23(27)19-13-15-20(16-14-19)24-22(26)18-9-5-3-6-10-18/h1,3,5-6,9-10,13-16,21H,4,7-8,11-12,17H2,(H,24,26). The lowest BCUT2D eigenvalue weighted by atomic mass is 9.93. The number of rotatable bonds is 5. The maximum atomic E-state index is 12.9. The van der Waals surface area contributed by atoms with Gasteiger partial charge in [0.25, 0.3) is 11.8 Å². The largest absolute Gasteiger partial charge is 0.325 e. The molecule has 27 heavy (non-hydrogen) atoms. The molecule has 2 aromatic rings. The van der Waals surface area contributed by atoms with Gasteiger partial charge in [-0.15, -0.1) is 6.42 Å². The van der Waals surface area contributed by atoms with Crippen molar-refractivity contribution in [3.63, 3.8) is 0 Å². The van der Waals surface area contributed by atoms with E-state index in [1.165, 1.54) is 6.42 Å². The zero-order valence-electron chi connectivity index (χ0n) is 15.4. The Kier molecular flexibility index (Phi) is 6.27. The Morgan fingerprint density at radius 3 is 2.26 bits per heavy atom. The lowest BCUT2D eigenvalue weighted by Crippen LogP contribution is -2.41. The lowest BCUT2D eigenvalue weighted by Gasteiger charge is -2.33. The SMILES string of the molecule is C#CCN(C(=O)c1ccc(NC(=O)c2ccccc2)cc1)C1CCCCC1. The topological polar surface area (TPSA) is 49.4 Å². The van der Waals surface area contributed by atoms with Gasteiger partial charge in [-0.05, 0) is 49.2 Å². The molecule has 0 unspecified atom stereocenters. The fourth-order valence-electron chi connectivity index (χ4n) is 3.51. The summed E-state index contributed by atoms with van der Waals surface area (Å²) in [5.41, 5.74) is 1.84. The highest BCUT2D eigenvalue weighted by Crippen LogP contribution is 2.24. The number of anilines is 1. The van der Waals surface area contributed by atoms with E-state index in [-0.39, 0.29) is 17.9 Å². The Morgan fingerprint density at radius 1 is 0.963 bits per heavy atom. The van der Waals surface area contributed by atoms with Crippen LogP contribution < -0.4 is 5.32 Å². The Labute approximate surface area is 160 Å². The maximum Gasteiger partial charge on any atom is 0.255 e. The number of amides is 2. The summed E-state index contributed by atoms with van der Waals surface area (Å²) in [6.07, 6.45) is 11.0. The van der Waals surface area contributed by atoms with E-state index in [9.17, 15) is 9.59 Å². The maximum absolute atomic E-state index is 12.9. The van der Waals surface area contributed by atoms with Crippen molar-refractivity contribution in [1.29, 1.82) is 0 Å². The van der Waals surface area contributed by atoms with Gasteiger partial charge in [0.1, 0.15) is 0 Å². The van der Waals surface area contributed by atoms with Gasteiger partial charge in [0.05, 0.1) is 6.54 Å². The summed E-state index contributed by atoms with van der Waals surface area (Å²) in [4.78, 5) is 27.0. The third-order valence-electron chi connectivity index (χ3n) is 4.96. The average molecular weight is 360 g/mol. The second-order valence-electron chi connectivity index (χ2n) is 6.83. The minimum Gasteiger partial charge on any atom is -0.325 e. The minimum atomic E-state index is -0.175. The van der Waals surface area contributed by atoms with Gasteiger partial charge >= 0.3 is 0 Å². The van der Waals surface area contributed by atoms with Crippen LogP contribution in [0.1, 0.15) is 52.8 Å². The first kappa shape index (κ1) is 18.7. The smallest absolute Gasteiger partial charge is 0.255 e. The molecule has 0 aliphatic heterocycles. The predicted octanol–water partition coefficient (Wildman–Crippen LogP) is 4.35. The first-order valence-corrected chi connectivity index (χ1v) is 9.40. The third kappa shape index (κ3) is 4.77. The van der Waals surface area contributed by atoms with Crippen LogP contribution in [-0.2, 0) is 0 Å². The Bertz CT molecular complexity index is 816. The van der Waals surface area contributed by atoms with Crippen molar-refractivity contribution >= 4 is 17.5 Å². The van der Waals surface area contributed by atoms with Gasteiger partial charge in [0.15, 0.2) is 0 Å². The van der Waals surface area contributed by atoms with Gasteiger partial charge < -0.3 is 10.2 Å². The van der Waals surface area contributed by atoms with Crippen molar-refractivity contribution in [2.24, 2.45) is 0 Å². The van der Waals surface area contributed by atoms with Crippen molar-refractivity contribution in [2.45, 2.75) is 38.1 Å². The highest BCUT2D eigenvalue weighted by Gasteiger charge is 2.25. The van der Waals surface area contributed by atoms with Crippen molar-refractivity contribution in [1.82, 2.24) is 4.90 Å². The Morgan fingerprint density at radius 2 is 1.63 bits per heavy atom. The van der Waals surface area contributed by atoms with Gasteiger partial charge in [-0.1, -0.05) is 43.4 Å². The predicted molar refractivity (Wildman–Crippen MR) is 108 cm³/mol. The quantitative estimate of drug-likeness (QED) is 0.806. The van der Waals surface area contributed by atoms with E-state index >= 15 is 0 Å². The second kappa shape index (κ2) is 9.05.